The third-order valence-electron chi connectivity index (χ3n) is 9.88. The molecule has 0 radical (unpaired) electrons. The van der Waals surface area contributed by atoms with Gasteiger partial charge in [-0.25, -0.2) is 10.6 Å². The van der Waals surface area contributed by atoms with Gasteiger partial charge in [0.05, 0.1) is 30.9 Å². The van der Waals surface area contributed by atoms with E-state index in [0.29, 0.717) is 12.6 Å². The van der Waals surface area contributed by atoms with Crippen LogP contribution in [-0.4, -0.2) is 69.9 Å². The van der Waals surface area contributed by atoms with Crippen molar-refractivity contribution in [3.8, 4) is 0 Å². The summed E-state index contributed by atoms with van der Waals surface area (Å²) in [5.74, 6) is -0.244. The summed E-state index contributed by atoms with van der Waals surface area (Å²) in [6.45, 7) is 4.73. The Hall–Kier alpha value is -1.84. The lowest BCUT2D eigenvalue weighted by atomic mass is 9.80. The zero-order chi connectivity index (χ0) is 28.9. The monoisotopic (exact) mass is 609 g/mol. The Kier molecular flexibility index (Phi) is 11.6. The summed E-state index contributed by atoms with van der Waals surface area (Å²) < 4.78 is 21.9. The molecular formula is C32H52ClN3O6. The number of esters is 1. The molecule has 2 saturated heterocycles. The van der Waals surface area contributed by atoms with Crippen LogP contribution in [0, 0.1) is 5.92 Å². The lowest BCUT2D eigenvalue weighted by Gasteiger charge is -2.50. The van der Waals surface area contributed by atoms with Crippen LogP contribution < -0.4 is 23.0 Å². The highest BCUT2D eigenvalue weighted by Crippen LogP contribution is 2.45. The number of hydrogen-bond acceptors (Lipinski definition) is 7. The Morgan fingerprint density at radius 2 is 1.81 bits per heavy atom. The van der Waals surface area contributed by atoms with Crippen molar-refractivity contribution in [3.63, 3.8) is 0 Å². The molecule has 9 nitrogen and oxygen atoms in total. The van der Waals surface area contributed by atoms with Crippen molar-refractivity contribution in [2.75, 3.05) is 6.61 Å². The van der Waals surface area contributed by atoms with Crippen LogP contribution >= 0.6 is 0 Å². The fourth-order valence-electron chi connectivity index (χ4n) is 7.92. The molecule has 0 amide bonds. The molecule has 5 rings (SSSR count). The first kappa shape index (κ1) is 33.1. The van der Waals surface area contributed by atoms with E-state index in [0.717, 1.165) is 109 Å². The number of carbonyl (C=O) groups excluding carboxylic acids is 1. The molecule has 0 aromatic heterocycles. The second-order valence-corrected chi connectivity index (χ2v) is 13.0. The topological polar surface area (TPSA) is 109 Å². The number of nitrogens with zero attached hydrogens (tertiary/aromatic N) is 1. The lowest BCUT2D eigenvalue weighted by Crippen LogP contribution is -3.00. The van der Waals surface area contributed by atoms with E-state index in [1.54, 1.807) is 0 Å². The lowest BCUT2D eigenvalue weighted by molar-refractivity contribution is -0.609. The molecule has 0 saturated carbocycles. The maximum absolute atomic E-state index is 13.8. The smallest absolute Gasteiger partial charge is 0.350 e. The van der Waals surface area contributed by atoms with E-state index in [2.05, 4.69) is 41.2 Å². The summed E-state index contributed by atoms with van der Waals surface area (Å²) >= 11 is 0. The number of ether oxygens (including phenoxy) is 3. The molecule has 0 aromatic carbocycles. The molecule has 10 heteroatoms. The van der Waals surface area contributed by atoms with Crippen LogP contribution in [0.15, 0.2) is 12.2 Å². The molecule has 2 spiro atoms. The molecule has 42 heavy (non-hydrogen) atoms. The number of guanidine groups is 1. The number of carboxylic acid groups (broad SMARTS) is 1. The van der Waals surface area contributed by atoms with E-state index < -0.39 is 17.4 Å². The maximum atomic E-state index is 13.8. The Morgan fingerprint density at radius 3 is 2.55 bits per heavy atom. The molecule has 0 unspecified atom stereocenters. The number of aliphatic carboxylic acids is 1. The van der Waals surface area contributed by atoms with Gasteiger partial charge in [0.25, 0.3) is 0 Å². The molecule has 5 heterocycles. The van der Waals surface area contributed by atoms with Crippen molar-refractivity contribution < 1.29 is 45.9 Å². The number of rotatable bonds is 12. The number of carbonyl (C=O) groups is 2. The average molecular weight is 610 g/mol. The van der Waals surface area contributed by atoms with Crippen molar-refractivity contribution in [2.24, 2.45) is 5.92 Å². The number of halogens is 1. The molecule has 5 aliphatic rings. The van der Waals surface area contributed by atoms with Gasteiger partial charge < -0.3 is 31.7 Å². The van der Waals surface area contributed by atoms with Crippen LogP contribution in [0.25, 0.3) is 0 Å². The second-order valence-electron chi connectivity index (χ2n) is 13.0. The number of carboxylic acids is 1. The van der Waals surface area contributed by atoms with Crippen molar-refractivity contribution >= 4 is 17.9 Å². The molecule has 0 bridgehead atoms. The molecular weight excluding hydrogens is 558 g/mol. The summed E-state index contributed by atoms with van der Waals surface area (Å²) in [4.78, 5) is 24.5. The van der Waals surface area contributed by atoms with Crippen molar-refractivity contribution in [1.29, 1.82) is 0 Å². The van der Waals surface area contributed by atoms with Crippen molar-refractivity contribution in [2.45, 2.75) is 159 Å². The highest BCUT2D eigenvalue weighted by atomic mass is 35.5. The van der Waals surface area contributed by atoms with Crippen LogP contribution in [0.4, 0.5) is 0 Å². The maximum Gasteiger partial charge on any atom is 0.350 e. The molecule has 0 aromatic rings. The molecule has 7 atom stereocenters. The summed E-state index contributed by atoms with van der Waals surface area (Å²) in [7, 11) is 0. The van der Waals surface area contributed by atoms with Crippen LogP contribution in [-0.2, 0) is 23.8 Å². The Balaban J connectivity index is 0.00000405. The van der Waals surface area contributed by atoms with Gasteiger partial charge in [-0.3, -0.25) is 14.2 Å². The number of hydrogen-bond donors (Lipinski definition) is 3. The SMILES string of the molecule is CC[C@H]1C=CCC[C@@]2(C[C@@H]3CC[C@@H]4[C@H](C(=O)OCCCCCCCCCC(=O)O)[C@]5(CCC[C@@H](C)O5)NC(=[N+]34)N2)O1.[Cl-]. The van der Waals surface area contributed by atoms with Gasteiger partial charge in [-0.15, -0.1) is 0 Å². The van der Waals surface area contributed by atoms with E-state index in [1.165, 1.54) is 0 Å². The minimum Gasteiger partial charge on any atom is -1.00 e. The third-order valence-corrected chi connectivity index (χ3v) is 9.88. The van der Waals surface area contributed by atoms with E-state index in [1.807, 2.05) is 0 Å². The predicted molar refractivity (Wildman–Crippen MR) is 155 cm³/mol. The summed E-state index contributed by atoms with van der Waals surface area (Å²) in [6.07, 6.45) is 20.3. The standard InChI is InChI=1S/C32H51N3O6.ClH/c1-3-25-15-10-11-19-31(41-25)22-24-17-18-26-28(29(38)39-21-12-8-6-4-5-7-9-16-27(36)37)32(20-13-14-23(2)40-32)34-30(33-31)35(24)26;/h10,15,23-26,28H,3-9,11-14,16-22H2,1-2H3,(H2,33,34,36,37);1H/t23-,24+,25+,26-,28-,31+,32-;/m1./s1. The first-order valence-corrected chi connectivity index (χ1v) is 16.5. The van der Waals surface area contributed by atoms with Crippen LogP contribution in [0.3, 0.4) is 0 Å². The first-order valence-electron chi connectivity index (χ1n) is 16.5. The Morgan fingerprint density at radius 1 is 1.05 bits per heavy atom. The normalized spacial score (nSPS) is 35.1. The number of unbranched alkanes of at least 4 members (excludes halogenated alkanes) is 6. The zero-order valence-electron chi connectivity index (χ0n) is 25.6. The molecule has 0 aliphatic carbocycles. The average Bonchev–Trinajstić information content (AvgIpc) is 3.23. The van der Waals surface area contributed by atoms with Gasteiger partial charge in [-0.05, 0) is 58.3 Å². The molecule has 5 aliphatic heterocycles. The molecule has 3 N–H and O–H groups in total. The molecule has 2 fully saturated rings. The van der Waals surface area contributed by atoms with Crippen LogP contribution in [0.5, 0.6) is 0 Å². The Labute approximate surface area is 257 Å². The number of nitrogens with one attached hydrogen (secondary N) is 2. The van der Waals surface area contributed by atoms with Gasteiger partial charge in [-0.2, -0.15) is 0 Å². The largest absolute Gasteiger partial charge is 1.00 e. The minimum absolute atomic E-state index is 0. The van der Waals surface area contributed by atoms with Gasteiger partial charge in [-0.1, -0.05) is 51.2 Å². The molecule has 238 valence electrons. The second kappa shape index (κ2) is 14.8. The highest BCUT2D eigenvalue weighted by Gasteiger charge is 2.64. The van der Waals surface area contributed by atoms with E-state index in [9.17, 15) is 9.59 Å². The fourth-order valence-corrected chi connectivity index (χ4v) is 7.92. The van der Waals surface area contributed by atoms with Gasteiger partial charge in [0.1, 0.15) is 0 Å². The van der Waals surface area contributed by atoms with E-state index in [-0.39, 0.29) is 49.0 Å². The summed E-state index contributed by atoms with van der Waals surface area (Å²) in [6, 6.07) is 0.374. The van der Waals surface area contributed by atoms with Crippen LogP contribution in [0.1, 0.15) is 123 Å². The minimum atomic E-state index is -0.769. The van der Waals surface area contributed by atoms with Crippen molar-refractivity contribution in [1.82, 2.24) is 10.6 Å². The van der Waals surface area contributed by atoms with Gasteiger partial charge in [0, 0.05) is 25.7 Å². The summed E-state index contributed by atoms with van der Waals surface area (Å²) in [5.41, 5.74) is -1.18. The number of allylic oxidation sites excluding steroid dienone is 1. The third kappa shape index (κ3) is 7.44. The predicted octanol–water partition coefficient (Wildman–Crippen LogP) is 1.98. The first-order chi connectivity index (χ1) is 19.8. The van der Waals surface area contributed by atoms with Gasteiger partial charge in [0.2, 0.25) is 5.72 Å². The quantitative estimate of drug-likeness (QED) is 0.133. The van der Waals surface area contributed by atoms with E-state index in [4.69, 9.17) is 19.3 Å². The summed E-state index contributed by atoms with van der Waals surface area (Å²) in [5, 5.41) is 16.3. The van der Waals surface area contributed by atoms with Crippen LogP contribution in [0.2, 0.25) is 0 Å². The van der Waals surface area contributed by atoms with Gasteiger partial charge in [0.15, 0.2) is 11.6 Å². The zero-order valence-corrected chi connectivity index (χ0v) is 26.3. The highest BCUT2D eigenvalue weighted by molar-refractivity contribution is 5.82. The fraction of sp³-hybridized carbons (Fsp3) is 0.844. The van der Waals surface area contributed by atoms with E-state index >= 15 is 0 Å². The van der Waals surface area contributed by atoms with Crippen molar-refractivity contribution in [3.05, 3.63) is 12.2 Å². The van der Waals surface area contributed by atoms with Gasteiger partial charge >= 0.3 is 17.9 Å². The Bertz CT molecular complexity index is 1010.